The van der Waals surface area contributed by atoms with Gasteiger partial charge in [0.15, 0.2) is 0 Å². The van der Waals surface area contributed by atoms with Crippen molar-refractivity contribution in [3.63, 3.8) is 0 Å². The van der Waals surface area contributed by atoms with Gasteiger partial charge in [0, 0.05) is 31.7 Å². The predicted octanol–water partition coefficient (Wildman–Crippen LogP) is 16.5. The SMILES string of the molecule is CCCCCCCCCCCCNCCN(CCNCCCCCCCCCCC)C(CC)(CCCCCCCCCCCC)CCNCCCCCCCCCC. The Morgan fingerprint density at radius 3 is 0.810 bits per heavy atom. The number of rotatable bonds is 52. The fourth-order valence-corrected chi connectivity index (χ4v) is 9.35. The van der Waals surface area contributed by atoms with E-state index >= 15 is 0 Å². The molecule has 0 aromatic rings. The van der Waals surface area contributed by atoms with Crippen LogP contribution in [0.25, 0.3) is 0 Å². The number of nitrogens with zero attached hydrogens (tertiary/aromatic N) is 1. The van der Waals surface area contributed by atoms with Crippen molar-refractivity contribution in [3.8, 4) is 0 Å². The van der Waals surface area contributed by atoms with Crippen molar-refractivity contribution in [1.82, 2.24) is 20.9 Å². The van der Waals surface area contributed by atoms with Crippen LogP contribution >= 0.6 is 0 Å². The Labute approximate surface area is 368 Å². The summed E-state index contributed by atoms with van der Waals surface area (Å²) >= 11 is 0. The summed E-state index contributed by atoms with van der Waals surface area (Å²) in [7, 11) is 0. The average Bonchev–Trinajstić information content (AvgIpc) is 3.24. The molecule has 0 rings (SSSR count). The maximum atomic E-state index is 3.95. The lowest BCUT2D eigenvalue weighted by Crippen LogP contribution is -2.54. The maximum Gasteiger partial charge on any atom is 0.0220 e. The Hall–Kier alpha value is -0.160. The summed E-state index contributed by atoms with van der Waals surface area (Å²) in [5.41, 5.74) is 0.310. The fraction of sp³-hybridized carbons (Fsp3) is 1.00. The van der Waals surface area contributed by atoms with Gasteiger partial charge in [-0.05, 0) is 64.7 Å². The van der Waals surface area contributed by atoms with Gasteiger partial charge in [-0.3, -0.25) is 4.90 Å². The number of hydrogen-bond donors (Lipinski definition) is 3. The van der Waals surface area contributed by atoms with Gasteiger partial charge in [0.25, 0.3) is 0 Å². The van der Waals surface area contributed by atoms with Crippen LogP contribution in [0.5, 0.6) is 0 Å². The Kier molecular flexibility index (Phi) is 49.4. The van der Waals surface area contributed by atoms with E-state index in [0.29, 0.717) is 5.54 Å². The minimum Gasteiger partial charge on any atom is -0.317 e. The molecular weight excluding hydrogens is 705 g/mol. The van der Waals surface area contributed by atoms with Crippen molar-refractivity contribution in [1.29, 1.82) is 0 Å². The molecule has 0 fully saturated rings. The first-order chi connectivity index (χ1) is 28.7. The molecule has 0 aromatic heterocycles. The summed E-state index contributed by atoms with van der Waals surface area (Å²) in [6.07, 6.45) is 56.4. The highest BCUT2D eigenvalue weighted by molar-refractivity contribution is 4.91. The molecule has 1 unspecified atom stereocenters. The standard InChI is InChI=1S/C54H114N4/c1-6-11-15-19-23-27-29-32-36-40-44-54(10-5,45-49-55-46-41-37-33-26-22-18-14-9-4)58(52-50-56-47-42-38-34-30-25-21-17-13-8-3)53-51-57-48-43-39-35-31-28-24-20-16-12-7-2/h55-57H,6-53H2,1-5H3. The third kappa shape index (κ3) is 39.9. The normalized spacial score (nSPS) is 12.9. The van der Waals surface area contributed by atoms with Crippen molar-refractivity contribution in [2.24, 2.45) is 0 Å². The van der Waals surface area contributed by atoms with Gasteiger partial charge in [-0.25, -0.2) is 0 Å². The van der Waals surface area contributed by atoms with Crippen LogP contribution in [-0.4, -0.2) is 62.8 Å². The van der Waals surface area contributed by atoms with Crippen molar-refractivity contribution >= 4 is 0 Å². The highest BCUT2D eigenvalue weighted by Crippen LogP contribution is 2.31. The fourth-order valence-electron chi connectivity index (χ4n) is 9.35. The molecule has 3 N–H and O–H groups in total. The van der Waals surface area contributed by atoms with Crippen LogP contribution in [0.1, 0.15) is 291 Å². The third-order valence-electron chi connectivity index (χ3n) is 13.6. The quantitative estimate of drug-likeness (QED) is 0.0535. The van der Waals surface area contributed by atoms with Gasteiger partial charge in [-0.1, -0.05) is 253 Å². The van der Waals surface area contributed by atoms with Crippen molar-refractivity contribution < 1.29 is 0 Å². The Balaban J connectivity index is 5.13. The van der Waals surface area contributed by atoms with Gasteiger partial charge in [-0.2, -0.15) is 0 Å². The van der Waals surface area contributed by atoms with Gasteiger partial charge < -0.3 is 16.0 Å². The Morgan fingerprint density at radius 2 is 0.517 bits per heavy atom. The van der Waals surface area contributed by atoms with Crippen LogP contribution < -0.4 is 16.0 Å². The maximum absolute atomic E-state index is 3.95. The number of nitrogens with one attached hydrogen (secondary N) is 3. The molecule has 0 spiro atoms. The summed E-state index contributed by atoms with van der Waals surface area (Å²) < 4.78 is 0. The second kappa shape index (κ2) is 49.5. The van der Waals surface area contributed by atoms with E-state index in [-0.39, 0.29) is 0 Å². The first-order valence-corrected chi connectivity index (χ1v) is 27.6. The Morgan fingerprint density at radius 1 is 0.259 bits per heavy atom. The van der Waals surface area contributed by atoms with Crippen LogP contribution in [0.3, 0.4) is 0 Å². The van der Waals surface area contributed by atoms with Crippen LogP contribution in [-0.2, 0) is 0 Å². The summed E-state index contributed by atoms with van der Waals surface area (Å²) in [6.45, 7) is 21.2. The molecule has 0 aliphatic rings. The van der Waals surface area contributed by atoms with Crippen LogP contribution in [0, 0.1) is 0 Å². The third-order valence-corrected chi connectivity index (χ3v) is 13.6. The molecule has 0 aliphatic heterocycles. The molecule has 0 amide bonds. The smallest absolute Gasteiger partial charge is 0.0220 e. The van der Waals surface area contributed by atoms with Gasteiger partial charge >= 0.3 is 0 Å². The summed E-state index contributed by atoms with van der Waals surface area (Å²) in [5.74, 6) is 0. The molecule has 0 bridgehead atoms. The molecule has 0 aliphatic carbocycles. The molecule has 4 heteroatoms. The van der Waals surface area contributed by atoms with Crippen molar-refractivity contribution in [2.45, 2.75) is 297 Å². The van der Waals surface area contributed by atoms with E-state index in [4.69, 9.17) is 0 Å². The molecule has 0 saturated heterocycles. The monoisotopic (exact) mass is 819 g/mol. The van der Waals surface area contributed by atoms with E-state index in [0.717, 1.165) is 13.1 Å². The molecule has 0 heterocycles. The molecule has 4 nitrogen and oxygen atoms in total. The molecule has 0 radical (unpaired) electrons. The molecule has 350 valence electrons. The minimum absolute atomic E-state index is 0.310. The highest BCUT2D eigenvalue weighted by Gasteiger charge is 2.33. The molecule has 0 saturated carbocycles. The first-order valence-electron chi connectivity index (χ1n) is 27.6. The van der Waals surface area contributed by atoms with E-state index in [1.54, 1.807) is 0 Å². The summed E-state index contributed by atoms with van der Waals surface area (Å²) in [5, 5.41) is 11.8. The van der Waals surface area contributed by atoms with Gasteiger partial charge in [-0.15, -0.1) is 0 Å². The molecule has 0 aromatic carbocycles. The Bertz CT molecular complexity index is 730. The lowest BCUT2D eigenvalue weighted by atomic mass is 9.83. The number of unbranched alkanes of at least 4 members (excludes halogenated alkanes) is 33. The van der Waals surface area contributed by atoms with Crippen molar-refractivity contribution in [3.05, 3.63) is 0 Å². The van der Waals surface area contributed by atoms with Crippen LogP contribution in [0.15, 0.2) is 0 Å². The first kappa shape index (κ1) is 57.8. The average molecular weight is 820 g/mol. The van der Waals surface area contributed by atoms with E-state index < -0.39 is 0 Å². The van der Waals surface area contributed by atoms with E-state index in [1.165, 1.54) is 296 Å². The second-order valence-corrected chi connectivity index (χ2v) is 19.0. The summed E-state index contributed by atoms with van der Waals surface area (Å²) in [4.78, 5) is 2.98. The molecule has 58 heavy (non-hydrogen) atoms. The van der Waals surface area contributed by atoms with Crippen LogP contribution in [0.4, 0.5) is 0 Å². The van der Waals surface area contributed by atoms with E-state index in [2.05, 4.69) is 55.5 Å². The minimum atomic E-state index is 0.310. The van der Waals surface area contributed by atoms with Crippen molar-refractivity contribution in [2.75, 3.05) is 52.4 Å². The zero-order valence-corrected chi connectivity index (χ0v) is 41.4. The molecular formula is C54H114N4. The van der Waals surface area contributed by atoms with Gasteiger partial charge in [0.1, 0.15) is 0 Å². The zero-order chi connectivity index (χ0) is 42.1. The number of hydrogen-bond acceptors (Lipinski definition) is 4. The topological polar surface area (TPSA) is 39.3 Å². The van der Waals surface area contributed by atoms with Crippen LogP contribution in [0.2, 0.25) is 0 Å². The lowest BCUT2D eigenvalue weighted by molar-refractivity contribution is 0.0634. The van der Waals surface area contributed by atoms with Gasteiger partial charge in [0.2, 0.25) is 0 Å². The predicted molar refractivity (Wildman–Crippen MR) is 266 cm³/mol. The second-order valence-electron chi connectivity index (χ2n) is 19.0. The lowest BCUT2D eigenvalue weighted by Gasteiger charge is -2.45. The molecule has 1 atom stereocenters. The largest absolute Gasteiger partial charge is 0.317 e. The summed E-state index contributed by atoms with van der Waals surface area (Å²) in [6, 6.07) is 0. The highest BCUT2D eigenvalue weighted by atomic mass is 15.2. The zero-order valence-electron chi connectivity index (χ0n) is 41.4. The van der Waals surface area contributed by atoms with E-state index in [1.807, 2.05) is 0 Å². The van der Waals surface area contributed by atoms with Gasteiger partial charge in [0.05, 0.1) is 0 Å². The van der Waals surface area contributed by atoms with E-state index in [9.17, 15) is 0 Å².